The first-order chi connectivity index (χ1) is 9.02. The number of aryl methyl sites for hydroxylation is 2. The van der Waals surface area contributed by atoms with Gasteiger partial charge in [0.25, 0.3) is 0 Å². The van der Waals surface area contributed by atoms with Gasteiger partial charge >= 0.3 is 0 Å². The van der Waals surface area contributed by atoms with Crippen molar-refractivity contribution in [3.8, 4) is 0 Å². The fourth-order valence-electron chi connectivity index (χ4n) is 3.09. The van der Waals surface area contributed by atoms with E-state index < -0.39 is 5.92 Å². The highest BCUT2D eigenvalue weighted by Crippen LogP contribution is 2.32. The molecule has 3 nitrogen and oxygen atoms in total. The van der Waals surface area contributed by atoms with Crippen LogP contribution in [0.4, 0.5) is 0 Å². The van der Waals surface area contributed by atoms with E-state index in [-0.39, 0.29) is 11.6 Å². The second-order valence-electron chi connectivity index (χ2n) is 5.64. The predicted octanol–water partition coefficient (Wildman–Crippen LogP) is 3.86. The lowest BCUT2D eigenvalue weighted by Gasteiger charge is -2.26. The van der Waals surface area contributed by atoms with Gasteiger partial charge in [0.05, 0.1) is 11.5 Å². The molecule has 2 unspecified atom stereocenters. The Bertz CT molecular complexity index is 484. The summed E-state index contributed by atoms with van der Waals surface area (Å²) in [5, 5.41) is 0. The third kappa shape index (κ3) is 2.96. The van der Waals surface area contributed by atoms with E-state index in [1.165, 1.54) is 0 Å². The van der Waals surface area contributed by atoms with Crippen LogP contribution >= 0.6 is 0 Å². The van der Waals surface area contributed by atoms with E-state index in [4.69, 9.17) is 4.42 Å². The topological polar surface area (TPSA) is 47.3 Å². The van der Waals surface area contributed by atoms with Crippen LogP contribution in [0.15, 0.2) is 10.5 Å². The lowest BCUT2D eigenvalue weighted by molar-refractivity contribution is -0.124. The molecule has 0 aromatic carbocycles. The zero-order valence-corrected chi connectivity index (χ0v) is 12.0. The van der Waals surface area contributed by atoms with Crippen LogP contribution < -0.4 is 0 Å². The SMILES string of the molecule is CCCC1CCC(=O)C(C(=O)c2cc(C)oc2C)C1. The Morgan fingerprint density at radius 1 is 1.42 bits per heavy atom. The van der Waals surface area contributed by atoms with Gasteiger partial charge in [0, 0.05) is 6.42 Å². The molecule has 3 heteroatoms. The zero-order chi connectivity index (χ0) is 14.0. The van der Waals surface area contributed by atoms with E-state index in [1.807, 2.05) is 6.92 Å². The van der Waals surface area contributed by atoms with Gasteiger partial charge in [-0.2, -0.15) is 0 Å². The molecule has 1 aliphatic carbocycles. The van der Waals surface area contributed by atoms with Gasteiger partial charge in [-0.05, 0) is 38.7 Å². The first kappa shape index (κ1) is 14.0. The Morgan fingerprint density at radius 3 is 2.74 bits per heavy atom. The smallest absolute Gasteiger partial charge is 0.176 e. The summed E-state index contributed by atoms with van der Waals surface area (Å²) in [6.45, 7) is 5.76. The van der Waals surface area contributed by atoms with Crippen molar-refractivity contribution in [1.82, 2.24) is 0 Å². The summed E-state index contributed by atoms with van der Waals surface area (Å²) in [6.07, 6.45) is 4.44. The second kappa shape index (κ2) is 5.72. The average Bonchev–Trinajstić information content (AvgIpc) is 2.70. The Morgan fingerprint density at radius 2 is 2.16 bits per heavy atom. The molecule has 2 rings (SSSR count). The monoisotopic (exact) mass is 262 g/mol. The minimum Gasteiger partial charge on any atom is -0.466 e. The maximum atomic E-state index is 12.5. The van der Waals surface area contributed by atoms with Crippen LogP contribution in [0.2, 0.25) is 0 Å². The summed E-state index contributed by atoms with van der Waals surface area (Å²) < 4.78 is 5.40. The standard InChI is InChI=1S/C16H22O3/c1-4-5-12-6-7-15(17)14(9-12)16(18)13-8-10(2)19-11(13)3/h8,12,14H,4-7,9H2,1-3H3. The molecule has 104 valence electrons. The van der Waals surface area contributed by atoms with Crippen LogP contribution in [-0.2, 0) is 4.79 Å². The van der Waals surface area contributed by atoms with Gasteiger partial charge < -0.3 is 4.42 Å². The van der Waals surface area contributed by atoms with E-state index in [1.54, 1.807) is 13.0 Å². The van der Waals surface area contributed by atoms with Crippen LogP contribution in [0.5, 0.6) is 0 Å². The normalized spacial score (nSPS) is 23.6. The fraction of sp³-hybridized carbons (Fsp3) is 0.625. The molecule has 2 atom stereocenters. The highest BCUT2D eigenvalue weighted by Gasteiger charge is 2.35. The van der Waals surface area contributed by atoms with Gasteiger partial charge in [0.2, 0.25) is 0 Å². The van der Waals surface area contributed by atoms with Crippen LogP contribution in [0.1, 0.15) is 60.9 Å². The van der Waals surface area contributed by atoms with Gasteiger partial charge in [-0.3, -0.25) is 9.59 Å². The fourth-order valence-corrected chi connectivity index (χ4v) is 3.09. The lowest BCUT2D eigenvalue weighted by atomic mass is 9.75. The Labute approximate surface area is 114 Å². The third-order valence-electron chi connectivity index (χ3n) is 4.08. The van der Waals surface area contributed by atoms with Crippen molar-refractivity contribution in [2.45, 2.75) is 52.9 Å². The van der Waals surface area contributed by atoms with Gasteiger partial charge in [-0.1, -0.05) is 19.8 Å². The molecule has 1 aliphatic rings. The van der Waals surface area contributed by atoms with Gasteiger partial charge in [0.1, 0.15) is 17.3 Å². The van der Waals surface area contributed by atoms with Crippen LogP contribution in [0.25, 0.3) is 0 Å². The first-order valence-electron chi connectivity index (χ1n) is 7.16. The summed E-state index contributed by atoms with van der Waals surface area (Å²) in [5.74, 6) is 1.50. The Kier molecular flexibility index (Phi) is 4.23. The summed E-state index contributed by atoms with van der Waals surface area (Å²) in [4.78, 5) is 24.5. The molecular formula is C16H22O3. The number of ketones is 2. The van der Waals surface area contributed by atoms with Crippen molar-refractivity contribution < 1.29 is 14.0 Å². The predicted molar refractivity (Wildman–Crippen MR) is 73.3 cm³/mol. The van der Waals surface area contributed by atoms with Crippen molar-refractivity contribution in [2.24, 2.45) is 11.8 Å². The van der Waals surface area contributed by atoms with Gasteiger partial charge in [-0.15, -0.1) is 0 Å². The summed E-state index contributed by atoms with van der Waals surface area (Å²) in [5.41, 5.74) is 0.591. The second-order valence-corrected chi connectivity index (χ2v) is 5.64. The maximum Gasteiger partial charge on any atom is 0.176 e. The van der Waals surface area contributed by atoms with E-state index >= 15 is 0 Å². The molecule has 19 heavy (non-hydrogen) atoms. The molecule has 0 bridgehead atoms. The molecule has 0 aliphatic heterocycles. The maximum absolute atomic E-state index is 12.5. The van der Waals surface area contributed by atoms with E-state index in [0.29, 0.717) is 23.7 Å². The van der Waals surface area contributed by atoms with Crippen molar-refractivity contribution in [3.63, 3.8) is 0 Å². The highest BCUT2D eigenvalue weighted by molar-refractivity contribution is 6.11. The number of hydrogen-bond acceptors (Lipinski definition) is 3. The number of hydrogen-bond donors (Lipinski definition) is 0. The Balaban J connectivity index is 2.17. The molecule has 1 aromatic heterocycles. The number of rotatable bonds is 4. The number of carbonyl (C=O) groups excluding carboxylic acids is 2. The molecule has 1 saturated carbocycles. The van der Waals surface area contributed by atoms with Crippen molar-refractivity contribution >= 4 is 11.6 Å². The minimum atomic E-state index is -0.444. The quantitative estimate of drug-likeness (QED) is 0.611. The molecule has 1 heterocycles. The molecule has 0 radical (unpaired) electrons. The van der Waals surface area contributed by atoms with Crippen molar-refractivity contribution in [2.75, 3.05) is 0 Å². The van der Waals surface area contributed by atoms with E-state index in [2.05, 4.69) is 6.92 Å². The number of furan rings is 1. The van der Waals surface area contributed by atoms with Gasteiger partial charge in [0.15, 0.2) is 5.78 Å². The Hall–Kier alpha value is -1.38. The molecule has 0 saturated heterocycles. The van der Waals surface area contributed by atoms with Crippen LogP contribution in [0, 0.1) is 25.7 Å². The average molecular weight is 262 g/mol. The van der Waals surface area contributed by atoms with Gasteiger partial charge in [-0.25, -0.2) is 0 Å². The summed E-state index contributed by atoms with van der Waals surface area (Å²) in [7, 11) is 0. The summed E-state index contributed by atoms with van der Waals surface area (Å²) >= 11 is 0. The molecule has 0 spiro atoms. The number of carbonyl (C=O) groups is 2. The molecule has 0 N–H and O–H groups in total. The highest BCUT2D eigenvalue weighted by atomic mass is 16.3. The number of Topliss-reactive ketones (excluding diaryl/α,β-unsaturated/α-hetero) is 2. The van der Waals surface area contributed by atoms with Crippen LogP contribution in [0.3, 0.4) is 0 Å². The van der Waals surface area contributed by atoms with Crippen molar-refractivity contribution in [1.29, 1.82) is 0 Å². The molecular weight excluding hydrogens is 240 g/mol. The molecule has 0 amide bonds. The van der Waals surface area contributed by atoms with E-state index in [0.717, 1.165) is 31.4 Å². The van der Waals surface area contributed by atoms with Crippen LogP contribution in [-0.4, -0.2) is 11.6 Å². The van der Waals surface area contributed by atoms with E-state index in [9.17, 15) is 9.59 Å². The first-order valence-corrected chi connectivity index (χ1v) is 7.16. The zero-order valence-electron chi connectivity index (χ0n) is 12.0. The largest absolute Gasteiger partial charge is 0.466 e. The molecule has 1 aromatic rings. The summed E-state index contributed by atoms with van der Waals surface area (Å²) in [6, 6.07) is 1.76. The van der Waals surface area contributed by atoms with Crippen molar-refractivity contribution in [3.05, 3.63) is 23.2 Å². The lowest BCUT2D eigenvalue weighted by Crippen LogP contribution is -2.31. The molecule has 1 fully saturated rings. The third-order valence-corrected chi connectivity index (χ3v) is 4.08. The minimum absolute atomic E-state index is 0.0415.